The third-order valence-corrected chi connectivity index (χ3v) is 4.51. The quantitative estimate of drug-likeness (QED) is 0.350. The van der Waals surface area contributed by atoms with Crippen molar-refractivity contribution in [2.45, 2.75) is 38.5 Å². The Kier molecular flexibility index (Phi) is 10.0. The van der Waals surface area contributed by atoms with E-state index >= 15 is 0 Å². The number of amides is 1. The second-order valence-electron chi connectivity index (χ2n) is 7.11. The molecule has 1 fully saturated rings. The molecule has 29 heavy (non-hydrogen) atoms. The molecule has 6 nitrogen and oxygen atoms in total. The van der Waals surface area contributed by atoms with Crippen LogP contribution in [0.25, 0.3) is 0 Å². The molecule has 2 N–H and O–H groups in total. The standard InChI is InChI=1S/C17H29F6N5O/c1-3-24-15(26-10-14(29)27(2)11-16(18,19)20)25-7-4-13-5-8-28(9-6-13)12-17(21,22)23/h13H,3-12H2,1-2H3,(H2,24,25,26). The van der Waals surface area contributed by atoms with Gasteiger partial charge in [-0.1, -0.05) is 0 Å². The number of nitrogens with zero attached hydrogens (tertiary/aromatic N) is 3. The highest BCUT2D eigenvalue weighted by atomic mass is 19.4. The van der Waals surface area contributed by atoms with E-state index in [1.807, 2.05) is 6.92 Å². The van der Waals surface area contributed by atoms with Gasteiger partial charge < -0.3 is 15.5 Å². The smallest absolute Gasteiger partial charge is 0.357 e. The minimum absolute atomic E-state index is 0.286. The monoisotopic (exact) mass is 433 g/mol. The summed E-state index contributed by atoms with van der Waals surface area (Å²) in [7, 11) is 1.07. The van der Waals surface area contributed by atoms with Crippen molar-refractivity contribution in [3.8, 4) is 0 Å². The molecule has 0 radical (unpaired) electrons. The van der Waals surface area contributed by atoms with Crippen molar-refractivity contribution in [1.29, 1.82) is 0 Å². The Hall–Kier alpha value is -1.72. The zero-order chi connectivity index (χ0) is 22.1. The number of piperidine rings is 1. The minimum Gasteiger partial charge on any atom is -0.357 e. The van der Waals surface area contributed by atoms with Gasteiger partial charge in [-0.15, -0.1) is 0 Å². The molecule has 1 aliphatic heterocycles. The minimum atomic E-state index is -4.47. The average Bonchev–Trinajstić information content (AvgIpc) is 2.58. The maximum atomic E-state index is 12.4. The zero-order valence-corrected chi connectivity index (χ0v) is 16.7. The van der Waals surface area contributed by atoms with Crippen LogP contribution >= 0.6 is 0 Å². The number of likely N-dealkylation sites (N-methyl/N-ethyl adjacent to an activating group) is 1. The molecule has 1 rings (SSSR count). The van der Waals surface area contributed by atoms with E-state index in [9.17, 15) is 31.1 Å². The molecule has 1 heterocycles. The lowest BCUT2D eigenvalue weighted by molar-refractivity contribution is -0.157. The van der Waals surface area contributed by atoms with Crippen molar-refractivity contribution >= 4 is 11.9 Å². The molecule has 1 aliphatic rings. The fraction of sp³-hybridized carbons (Fsp3) is 0.882. The van der Waals surface area contributed by atoms with Crippen LogP contribution in [-0.4, -0.2) is 86.9 Å². The number of halogens is 6. The van der Waals surface area contributed by atoms with Crippen LogP contribution in [-0.2, 0) is 4.79 Å². The van der Waals surface area contributed by atoms with Crippen LogP contribution in [0.1, 0.15) is 26.2 Å². The molecule has 0 aromatic rings. The Morgan fingerprint density at radius 2 is 1.72 bits per heavy atom. The molecular formula is C17H29F6N5O. The van der Waals surface area contributed by atoms with Crippen LogP contribution in [0, 0.1) is 5.92 Å². The lowest BCUT2D eigenvalue weighted by Crippen LogP contribution is -2.42. The predicted octanol–water partition coefficient (Wildman–Crippen LogP) is 2.23. The van der Waals surface area contributed by atoms with Crippen LogP contribution in [0.15, 0.2) is 4.99 Å². The summed E-state index contributed by atoms with van der Waals surface area (Å²) in [6.07, 6.45) is -6.58. The van der Waals surface area contributed by atoms with Gasteiger partial charge in [-0.25, -0.2) is 4.99 Å². The van der Waals surface area contributed by atoms with Gasteiger partial charge in [0, 0.05) is 20.1 Å². The molecule has 12 heteroatoms. The van der Waals surface area contributed by atoms with E-state index < -0.39 is 37.9 Å². The van der Waals surface area contributed by atoms with E-state index in [4.69, 9.17) is 0 Å². The van der Waals surface area contributed by atoms with Crippen molar-refractivity contribution in [2.24, 2.45) is 10.9 Å². The third-order valence-electron chi connectivity index (χ3n) is 4.51. The predicted molar refractivity (Wildman–Crippen MR) is 97.5 cm³/mol. The van der Waals surface area contributed by atoms with E-state index in [-0.39, 0.29) is 5.92 Å². The van der Waals surface area contributed by atoms with Crippen LogP contribution in [0.5, 0.6) is 0 Å². The summed E-state index contributed by atoms with van der Waals surface area (Å²) in [5.74, 6) is -0.151. The Bertz CT molecular complexity index is 529. The van der Waals surface area contributed by atoms with Crippen molar-refractivity contribution in [1.82, 2.24) is 20.4 Å². The third kappa shape index (κ3) is 11.8. The molecule has 0 bridgehead atoms. The molecule has 0 atom stereocenters. The molecule has 0 aliphatic carbocycles. The fourth-order valence-electron chi connectivity index (χ4n) is 3.05. The first-order valence-electron chi connectivity index (χ1n) is 9.51. The number of rotatable bonds is 8. The summed E-state index contributed by atoms with van der Waals surface area (Å²) in [5.41, 5.74) is 0. The van der Waals surface area contributed by atoms with Crippen molar-refractivity contribution in [2.75, 3.05) is 52.9 Å². The molecule has 0 spiro atoms. The molecule has 1 saturated heterocycles. The largest absolute Gasteiger partial charge is 0.406 e. The lowest BCUT2D eigenvalue weighted by atomic mass is 9.93. The Morgan fingerprint density at radius 1 is 1.10 bits per heavy atom. The van der Waals surface area contributed by atoms with Crippen molar-refractivity contribution in [3.05, 3.63) is 0 Å². The number of likely N-dealkylation sites (tertiary alicyclic amines) is 1. The van der Waals surface area contributed by atoms with Gasteiger partial charge in [-0.05, 0) is 45.2 Å². The highest BCUT2D eigenvalue weighted by Crippen LogP contribution is 2.24. The normalized spacial score (nSPS) is 17.3. The number of aliphatic imine (C=N–C) groups is 1. The van der Waals surface area contributed by atoms with Gasteiger partial charge in [0.25, 0.3) is 0 Å². The second-order valence-corrected chi connectivity index (χ2v) is 7.11. The first-order chi connectivity index (χ1) is 13.4. The second kappa shape index (κ2) is 11.5. The van der Waals surface area contributed by atoms with Crippen molar-refractivity contribution in [3.63, 3.8) is 0 Å². The van der Waals surface area contributed by atoms with Gasteiger partial charge in [0.1, 0.15) is 13.1 Å². The van der Waals surface area contributed by atoms with E-state index in [1.165, 1.54) is 4.90 Å². The molecule has 1 amide bonds. The van der Waals surface area contributed by atoms with Crippen LogP contribution < -0.4 is 10.6 Å². The average molecular weight is 433 g/mol. The fourth-order valence-corrected chi connectivity index (χ4v) is 3.05. The van der Waals surface area contributed by atoms with Gasteiger partial charge in [0.2, 0.25) is 5.91 Å². The SMILES string of the molecule is CCNC(=NCC(=O)N(C)CC(F)(F)F)NCCC1CCN(CC(F)(F)F)CC1. The van der Waals surface area contributed by atoms with E-state index in [0.717, 1.165) is 13.5 Å². The summed E-state index contributed by atoms with van der Waals surface area (Å²) in [6.45, 7) is 0.987. The zero-order valence-electron chi connectivity index (χ0n) is 16.7. The van der Waals surface area contributed by atoms with E-state index in [2.05, 4.69) is 15.6 Å². The maximum absolute atomic E-state index is 12.4. The highest BCUT2D eigenvalue weighted by molar-refractivity contribution is 5.84. The summed E-state index contributed by atoms with van der Waals surface area (Å²) in [6, 6.07) is 0. The van der Waals surface area contributed by atoms with Crippen molar-refractivity contribution < 1.29 is 31.1 Å². The molecule has 0 unspecified atom stereocenters. The van der Waals surface area contributed by atoms with E-state index in [0.29, 0.717) is 49.9 Å². The van der Waals surface area contributed by atoms with Gasteiger partial charge in [-0.3, -0.25) is 9.69 Å². The number of hydrogen-bond acceptors (Lipinski definition) is 3. The number of hydrogen-bond donors (Lipinski definition) is 2. The number of carbonyl (C=O) groups is 1. The number of carbonyl (C=O) groups excluding carboxylic acids is 1. The summed E-state index contributed by atoms with van der Waals surface area (Å²) < 4.78 is 74.2. The summed E-state index contributed by atoms with van der Waals surface area (Å²) in [5, 5.41) is 5.92. The molecule has 0 saturated carbocycles. The Labute approximate surface area is 166 Å². The van der Waals surface area contributed by atoms with Crippen LogP contribution in [0.4, 0.5) is 26.3 Å². The first-order valence-corrected chi connectivity index (χ1v) is 9.51. The van der Waals surface area contributed by atoms with Gasteiger partial charge in [0.15, 0.2) is 5.96 Å². The number of alkyl halides is 6. The Morgan fingerprint density at radius 3 is 2.24 bits per heavy atom. The van der Waals surface area contributed by atoms with Gasteiger partial charge in [-0.2, -0.15) is 26.3 Å². The highest BCUT2D eigenvalue weighted by Gasteiger charge is 2.32. The van der Waals surface area contributed by atoms with Gasteiger partial charge >= 0.3 is 12.4 Å². The number of nitrogens with one attached hydrogen (secondary N) is 2. The number of guanidine groups is 1. The maximum Gasteiger partial charge on any atom is 0.406 e. The molecule has 170 valence electrons. The topological polar surface area (TPSA) is 60.0 Å². The Balaban J connectivity index is 2.37. The molecule has 0 aromatic heterocycles. The summed E-state index contributed by atoms with van der Waals surface area (Å²) in [4.78, 5) is 17.7. The van der Waals surface area contributed by atoms with E-state index in [1.54, 1.807) is 0 Å². The molecule has 0 aromatic carbocycles. The summed E-state index contributed by atoms with van der Waals surface area (Å²) >= 11 is 0. The first kappa shape index (κ1) is 25.3. The van der Waals surface area contributed by atoms with Crippen LogP contribution in [0.3, 0.4) is 0 Å². The van der Waals surface area contributed by atoms with Crippen LogP contribution in [0.2, 0.25) is 0 Å². The lowest BCUT2D eigenvalue weighted by Gasteiger charge is -2.32. The van der Waals surface area contributed by atoms with Gasteiger partial charge in [0.05, 0.1) is 6.54 Å². The molecular weight excluding hydrogens is 404 g/mol.